The van der Waals surface area contributed by atoms with Crippen LogP contribution in [0.15, 0.2) is 33.4 Å². The second kappa shape index (κ2) is 5.65. The summed E-state index contributed by atoms with van der Waals surface area (Å²) in [5.41, 5.74) is 2.39. The Kier molecular flexibility index (Phi) is 4.18. The summed E-state index contributed by atoms with van der Waals surface area (Å²) in [6.07, 6.45) is 1.03. The summed E-state index contributed by atoms with van der Waals surface area (Å²) in [5, 5.41) is 7.73. The fourth-order valence-electron chi connectivity index (χ4n) is 1.69. The first kappa shape index (κ1) is 12.6. The molecule has 4 heteroatoms. The smallest absolute Gasteiger partial charge is 0.126 e. The van der Waals surface area contributed by atoms with Crippen LogP contribution in [-0.4, -0.2) is 11.0 Å². The maximum absolute atomic E-state index is 4.49. The van der Waals surface area contributed by atoms with Crippen LogP contribution in [-0.2, 0) is 6.42 Å². The molecule has 0 spiro atoms. The quantitative estimate of drug-likeness (QED) is 0.912. The molecule has 1 N–H and O–H groups in total. The van der Waals surface area contributed by atoms with Crippen molar-refractivity contribution in [1.29, 1.82) is 0 Å². The van der Waals surface area contributed by atoms with Gasteiger partial charge >= 0.3 is 0 Å². The van der Waals surface area contributed by atoms with Gasteiger partial charge in [0.25, 0.3) is 0 Å². The van der Waals surface area contributed by atoms with E-state index in [0.29, 0.717) is 6.04 Å². The zero-order chi connectivity index (χ0) is 12.3. The first-order chi connectivity index (χ1) is 8.15. The molecule has 2 nitrogen and oxygen atoms in total. The number of hydrogen-bond acceptors (Lipinski definition) is 3. The van der Waals surface area contributed by atoms with Gasteiger partial charge in [0.1, 0.15) is 5.82 Å². The van der Waals surface area contributed by atoms with Gasteiger partial charge < -0.3 is 5.32 Å². The molecule has 0 saturated heterocycles. The van der Waals surface area contributed by atoms with Crippen molar-refractivity contribution in [2.45, 2.75) is 26.3 Å². The molecule has 2 heterocycles. The minimum Gasteiger partial charge on any atom is -0.367 e. The van der Waals surface area contributed by atoms with Crippen molar-refractivity contribution in [2.24, 2.45) is 0 Å². The number of anilines is 1. The van der Waals surface area contributed by atoms with Crippen LogP contribution in [0, 0.1) is 6.92 Å². The number of rotatable bonds is 4. The van der Waals surface area contributed by atoms with Crippen LogP contribution in [0.5, 0.6) is 0 Å². The van der Waals surface area contributed by atoms with Gasteiger partial charge in [-0.1, -0.05) is 0 Å². The normalized spacial score (nSPS) is 12.4. The van der Waals surface area contributed by atoms with Gasteiger partial charge in [0.05, 0.1) is 5.69 Å². The molecule has 0 bridgehead atoms. The third kappa shape index (κ3) is 3.54. The maximum atomic E-state index is 4.49. The van der Waals surface area contributed by atoms with Crippen molar-refractivity contribution in [3.63, 3.8) is 0 Å². The predicted molar refractivity (Wildman–Crippen MR) is 77.8 cm³/mol. The Hall–Kier alpha value is -0.870. The second-order valence-corrected chi connectivity index (χ2v) is 5.78. The van der Waals surface area contributed by atoms with E-state index in [2.05, 4.69) is 50.0 Å². The number of nitrogens with one attached hydrogen (secondary N) is 1. The monoisotopic (exact) mass is 310 g/mol. The summed E-state index contributed by atoms with van der Waals surface area (Å²) < 4.78 is 1.05. The van der Waals surface area contributed by atoms with Gasteiger partial charge in [0.2, 0.25) is 0 Å². The molecule has 0 saturated carbocycles. The fraction of sp³-hybridized carbons (Fsp3) is 0.308. The van der Waals surface area contributed by atoms with E-state index in [-0.39, 0.29) is 0 Å². The van der Waals surface area contributed by atoms with Gasteiger partial charge in [-0.2, -0.15) is 11.3 Å². The van der Waals surface area contributed by atoms with Crippen molar-refractivity contribution >= 4 is 33.1 Å². The SMILES string of the molecule is Cc1nc(NC(C)Cc2ccsc2)ccc1Br. The fourth-order valence-corrected chi connectivity index (χ4v) is 2.59. The van der Waals surface area contributed by atoms with E-state index in [1.165, 1.54) is 5.56 Å². The first-order valence-electron chi connectivity index (χ1n) is 5.56. The number of nitrogens with zero attached hydrogens (tertiary/aromatic N) is 1. The van der Waals surface area contributed by atoms with E-state index >= 15 is 0 Å². The Labute approximate surface area is 114 Å². The minimum atomic E-state index is 0.387. The molecular formula is C13H15BrN2S. The molecule has 17 heavy (non-hydrogen) atoms. The van der Waals surface area contributed by atoms with Gasteiger partial charge in [0, 0.05) is 10.5 Å². The van der Waals surface area contributed by atoms with E-state index in [4.69, 9.17) is 0 Å². The van der Waals surface area contributed by atoms with Crippen LogP contribution in [0.2, 0.25) is 0 Å². The summed E-state index contributed by atoms with van der Waals surface area (Å²) >= 11 is 5.20. The van der Waals surface area contributed by atoms with Gasteiger partial charge in [-0.25, -0.2) is 4.98 Å². The Morgan fingerprint density at radius 3 is 2.88 bits per heavy atom. The number of aryl methyl sites for hydroxylation is 1. The van der Waals surface area contributed by atoms with Crippen LogP contribution in [0.3, 0.4) is 0 Å². The Bertz CT molecular complexity index is 482. The molecule has 90 valence electrons. The Morgan fingerprint density at radius 2 is 2.24 bits per heavy atom. The molecule has 0 aliphatic carbocycles. The lowest BCUT2D eigenvalue weighted by Crippen LogP contribution is -2.18. The molecule has 2 rings (SSSR count). The number of halogens is 1. The Morgan fingerprint density at radius 1 is 1.41 bits per heavy atom. The minimum absolute atomic E-state index is 0.387. The number of thiophene rings is 1. The molecule has 0 aliphatic heterocycles. The van der Waals surface area contributed by atoms with Crippen LogP contribution in [0.25, 0.3) is 0 Å². The van der Waals surface area contributed by atoms with Crippen LogP contribution < -0.4 is 5.32 Å². The van der Waals surface area contributed by atoms with Crippen molar-refractivity contribution in [3.05, 3.63) is 44.7 Å². The molecule has 0 aromatic carbocycles. The van der Waals surface area contributed by atoms with Crippen LogP contribution >= 0.6 is 27.3 Å². The topological polar surface area (TPSA) is 24.9 Å². The van der Waals surface area contributed by atoms with Gasteiger partial charge in [-0.15, -0.1) is 0 Å². The van der Waals surface area contributed by atoms with E-state index in [1.807, 2.05) is 19.1 Å². The largest absolute Gasteiger partial charge is 0.367 e. The van der Waals surface area contributed by atoms with Gasteiger partial charge in [0.15, 0.2) is 0 Å². The predicted octanol–water partition coefficient (Wildman–Crippen LogP) is 4.26. The van der Waals surface area contributed by atoms with E-state index < -0.39 is 0 Å². The summed E-state index contributed by atoms with van der Waals surface area (Å²) in [4.78, 5) is 4.49. The average Bonchev–Trinajstić information content (AvgIpc) is 2.76. The molecule has 0 aliphatic rings. The standard InChI is InChI=1S/C13H15BrN2S/c1-9(7-11-5-6-17-8-11)15-13-4-3-12(14)10(2)16-13/h3-6,8-9H,7H2,1-2H3,(H,15,16). The van der Waals surface area contributed by atoms with Crippen molar-refractivity contribution in [2.75, 3.05) is 5.32 Å². The summed E-state index contributed by atoms with van der Waals surface area (Å²) in [6, 6.07) is 6.59. The van der Waals surface area contributed by atoms with Crippen molar-refractivity contribution < 1.29 is 0 Å². The summed E-state index contributed by atoms with van der Waals surface area (Å²) in [5.74, 6) is 0.938. The molecule has 2 aromatic rings. The number of aromatic nitrogens is 1. The zero-order valence-corrected chi connectivity index (χ0v) is 12.3. The average molecular weight is 311 g/mol. The molecule has 1 unspecified atom stereocenters. The van der Waals surface area contributed by atoms with Crippen molar-refractivity contribution in [3.8, 4) is 0 Å². The molecule has 2 aromatic heterocycles. The van der Waals surface area contributed by atoms with Crippen LogP contribution in [0.1, 0.15) is 18.2 Å². The summed E-state index contributed by atoms with van der Waals surface area (Å²) in [6.45, 7) is 4.18. The van der Waals surface area contributed by atoms with E-state index in [9.17, 15) is 0 Å². The number of pyridine rings is 1. The summed E-state index contributed by atoms with van der Waals surface area (Å²) in [7, 11) is 0. The van der Waals surface area contributed by atoms with Gasteiger partial charge in [-0.3, -0.25) is 0 Å². The number of hydrogen-bond donors (Lipinski definition) is 1. The molecular weight excluding hydrogens is 296 g/mol. The lowest BCUT2D eigenvalue weighted by Gasteiger charge is -2.14. The molecule has 0 radical (unpaired) electrons. The lowest BCUT2D eigenvalue weighted by atomic mass is 10.1. The lowest BCUT2D eigenvalue weighted by molar-refractivity contribution is 0.786. The third-order valence-electron chi connectivity index (χ3n) is 2.54. The second-order valence-electron chi connectivity index (χ2n) is 4.14. The van der Waals surface area contributed by atoms with E-state index in [1.54, 1.807) is 11.3 Å². The zero-order valence-electron chi connectivity index (χ0n) is 9.90. The van der Waals surface area contributed by atoms with Crippen molar-refractivity contribution in [1.82, 2.24) is 4.98 Å². The molecule has 1 atom stereocenters. The highest BCUT2D eigenvalue weighted by molar-refractivity contribution is 9.10. The van der Waals surface area contributed by atoms with Crippen LogP contribution in [0.4, 0.5) is 5.82 Å². The highest BCUT2D eigenvalue weighted by atomic mass is 79.9. The first-order valence-corrected chi connectivity index (χ1v) is 7.29. The highest BCUT2D eigenvalue weighted by Crippen LogP contribution is 2.17. The Balaban J connectivity index is 1.98. The van der Waals surface area contributed by atoms with E-state index in [0.717, 1.165) is 22.4 Å². The molecule has 0 amide bonds. The molecule has 0 fully saturated rings. The van der Waals surface area contributed by atoms with Gasteiger partial charge in [-0.05, 0) is 70.7 Å². The third-order valence-corrected chi connectivity index (χ3v) is 4.11. The maximum Gasteiger partial charge on any atom is 0.126 e. The highest BCUT2D eigenvalue weighted by Gasteiger charge is 2.05.